The third kappa shape index (κ3) is 1.22. The molecule has 0 spiro atoms. The monoisotopic (exact) mass is 197 g/mol. The number of aliphatic hydroxyl groups is 1. The van der Waals surface area contributed by atoms with Crippen LogP contribution in [0, 0.1) is 0 Å². The average molecular weight is 197 g/mol. The Morgan fingerprint density at radius 3 is 2.80 bits per heavy atom. The van der Waals surface area contributed by atoms with Crippen LogP contribution in [-0.2, 0) is 6.61 Å². The van der Waals surface area contributed by atoms with Crippen molar-refractivity contribution in [1.29, 1.82) is 0 Å². The van der Waals surface area contributed by atoms with Crippen LogP contribution in [0.2, 0.25) is 0 Å². The lowest BCUT2D eigenvalue weighted by atomic mass is 10.2. The fourth-order valence-electron chi connectivity index (χ4n) is 1.98. The minimum Gasteiger partial charge on any atom is -0.392 e. The fourth-order valence-corrected chi connectivity index (χ4v) is 1.98. The maximum atomic E-state index is 9.06. The molecule has 74 valence electrons. The number of aliphatic hydroxyl groups excluding tert-OH is 1. The second kappa shape index (κ2) is 3.11. The summed E-state index contributed by atoms with van der Waals surface area (Å²) in [5, 5.41) is 10.3. The second-order valence-electron chi connectivity index (χ2n) is 3.69. The minimum atomic E-state index is 0.0953. The summed E-state index contributed by atoms with van der Waals surface area (Å²) in [7, 11) is 0. The molecule has 0 bridgehead atoms. The zero-order valence-electron chi connectivity index (χ0n) is 8.22. The maximum Gasteiger partial charge on any atom is 0.0683 e. The summed E-state index contributed by atoms with van der Waals surface area (Å²) in [4.78, 5) is 0. The van der Waals surface area contributed by atoms with Gasteiger partial charge < -0.3 is 9.51 Å². The molecule has 0 aliphatic carbocycles. The summed E-state index contributed by atoms with van der Waals surface area (Å²) in [6, 6.07) is 14.4. The van der Waals surface area contributed by atoms with Gasteiger partial charge in [0.05, 0.1) is 12.1 Å². The van der Waals surface area contributed by atoms with Gasteiger partial charge in [-0.3, -0.25) is 0 Å². The van der Waals surface area contributed by atoms with Gasteiger partial charge in [0.2, 0.25) is 0 Å². The number of rotatable bonds is 1. The van der Waals surface area contributed by atoms with Crippen molar-refractivity contribution in [3.63, 3.8) is 0 Å². The van der Waals surface area contributed by atoms with Crippen molar-refractivity contribution >= 4 is 16.4 Å². The lowest BCUT2D eigenvalue weighted by Gasteiger charge is -1.99. The van der Waals surface area contributed by atoms with Crippen LogP contribution in [0.25, 0.3) is 16.4 Å². The van der Waals surface area contributed by atoms with E-state index in [0.29, 0.717) is 0 Å². The predicted molar refractivity (Wildman–Crippen MR) is 60.8 cm³/mol. The van der Waals surface area contributed by atoms with Gasteiger partial charge in [0.1, 0.15) is 0 Å². The Bertz CT molecular complexity index is 625. The molecule has 0 saturated heterocycles. The van der Waals surface area contributed by atoms with Crippen LogP contribution in [0.1, 0.15) is 5.56 Å². The van der Waals surface area contributed by atoms with Crippen LogP contribution >= 0.6 is 0 Å². The molecule has 0 atom stereocenters. The molecule has 0 aliphatic heterocycles. The summed E-state index contributed by atoms with van der Waals surface area (Å²) >= 11 is 0. The Hall–Kier alpha value is -1.80. The van der Waals surface area contributed by atoms with Gasteiger partial charge in [0, 0.05) is 17.1 Å². The zero-order valence-corrected chi connectivity index (χ0v) is 8.22. The van der Waals surface area contributed by atoms with E-state index in [4.69, 9.17) is 5.11 Å². The van der Waals surface area contributed by atoms with Crippen molar-refractivity contribution in [2.75, 3.05) is 0 Å². The Kier molecular flexibility index (Phi) is 1.76. The van der Waals surface area contributed by atoms with Crippen molar-refractivity contribution in [2.45, 2.75) is 6.61 Å². The molecule has 0 saturated carbocycles. The van der Waals surface area contributed by atoms with Crippen LogP contribution in [0.5, 0.6) is 0 Å². The van der Waals surface area contributed by atoms with E-state index in [1.165, 1.54) is 10.9 Å². The standard InChI is InChI=1S/C13H11NO/c15-9-10-5-6-14-12(7-10)8-11-3-1-2-4-13(11)14/h1-8,15H,9H2. The van der Waals surface area contributed by atoms with Crippen molar-refractivity contribution in [1.82, 2.24) is 4.40 Å². The predicted octanol–water partition coefficient (Wildman–Crippen LogP) is 2.58. The molecule has 2 aromatic heterocycles. The Balaban J connectivity index is 2.43. The van der Waals surface area contributed by atoms with E-state index >= 15 is 0 Å². The molecule has 3 aromatic rings. The number of hydrogen-bond donors (Lipinski definition) is 1. The van der Waals surface area contributed by atoms with Crippen molar-refractivity contribution in [3.05, 3.63) is 54.2 Å². The van der Waals surface area contributed by atoms with E-state index < -0.39 is 0 Å². The zero-order chi connectivity index (χ0) is 10.3. The van der Waals surface area contributed by atoms with Gasteiger partial charge in [-0.1, -0.05) is 18.2 Å². The van der Waals surface area contributed by atoms with E-state index in [0.717, 1.165) is 11.1 Å². The quantitative estimate of drug-likeness (QED) is 0.637. The van der Waals surface area contributed by atoms with Gasteiger partial charge >= 0.3 is 0 Å². The molecule has 2 heteroatoms. The largest absolute Gasteiger partial charge is 0.392 e. The van der Waals surface area contributed by atoms with E-state index in [1.807, 2.05) is 30.5 Å². The maximum absolute atomic E-state index is 9.06. The van der Waals surface area contributed by atoms with Crippen LogP contribution in [0.4, 0.5) is 0 Å². The lowest BCUT2D eigenvalue weighted by Crippen LogP contribution is -1.87. The van der Waals surface area contributed by atoms with Crippen molar-refractivity contribution in [3.8, 4) is 0 Å². The van der Waals surface area contributed by atoms with E-state index in [9.17, 15) is 0 Å². The van der Waals surface area contributed by atoms with Crippen LogP contribution in [0.3, 0.4) is 0 Å². The first-order valence-electron chi connectivity index (χ1n) is 4.98. The van der Waals surface area contributed by atoms with Crippen molar-refractivity contribution < 1.29 is 5.11 Å². The summed E-state index contributed by atoms with van der Waals surface area (Å²) in [5.41, 5.74) is 3.28. The molecule has 0 fully saturated rings. The van der Waals surface area contributed by atoms with Crippen LogP contribution < -0.4 is 0 Å². The molecule has 0 amide bonds. The molecule has 2 nitrogen and oxygen atoms in total. The molecule has 0 unspecified atom stereocenters. The Morgan fingerprint density at radius 2 is 1.93 bits per heavy atom. The minimum absolute atomic E-state index is 0.0953. The van der Waals surface area contributed by atoms with Gasteiger partial charge in [0.15, 0.2) is 0 Å². The van der Waals surface area contributed by atoms with E-state index in [-0.39, 0.29) is 6.61 Å². The molecule has 1 aromatic carbocycles. The highest BCUT2D eigenvalue weighted by molar-refractivity contribution is 5.87. The number of nitrogens with zero attached hydrogens (tertiary/aromatic N) is 1. The molecular formula is C13H11NO. The fraction of sp³-hybridized carbons (Fsp3) is 0.0769. The van der Waals surface area contributed by atoms with Gasteiger partial charge in [0.25, 0.3) is 0 Å². The first-order valence-corrected chi connectivity index (χ1v) is 4.98. The third-order valence-corrected chi connectivity index (χ3v) is 2.73. The smallest absolute Gasteiger partial charge is 0.0683 e. The summed E-state index contributed by atoms with van der Waals surface area (Å²) in [5.74, 6) is 0. The normalized spacial score (nSPS) is 11.3. The van der Waals surface area contributed by atoms with Gasteiger partial charge in [-0.15, -0.1) is 0 Å². The molecule has 3 rings (SSSR count). The summed E-state index contributed by atoms with van der Waals surface area (Å²) in [6.07, 6.45) is 2.00. The summed E-state index contributed by atoms with van der Waals surface area (Å²) in [6.45, 7) is 0.0953. The van der Waals surface area contributed by atoms with Crippen LogP contribution in [-0.4, -0.2) is 9.51 Å². The summed E-state index contributed by atoms with van der Waals surface area (Å²) < 4.78 is 2.13. The highest BCUT2D eigenvalue weighted by Gasteiger charge is 2.01. The molecule has 15 heavy (non-hydrogen) atoms. The average Bonchev–Trinajstić information content (AvgIpc) is 2.66. The first-order chi connectivity index (χ1) is 7.38. The Labute approximate surface area is 87.4 Å². The number of hydrogen-bond acceptors (Lipinski definition) is 1. The highest BCUT2D eigenvalue weighted by Crippen LogP contribution is 2.20. The number of benzene rings is 1. The Morgan fingerprint density at radius 1 is 1.07 bits per heavy atom. The third-order valence-electron chi connectivity index (χ3n) is 2.73. The second-order valence-corrected chi connectivity index (χ2v) is 3.69. The number of fused-ring (bicyclic) bond motifs is 3. The first kappa shape index (κ1) is 8.50. The van der Waals surface area contributed by atoms with E-state index in [1.54, 1.807) is 0 Å². The molecule has 0 aliphatic rings. The molecule has 0 radical (unpaired) electrons. The lowest BCUT2D eigenvalue weighted by molar-refractivity contribution is 0.282. The highest BCUT2D eigenvalue weighted by atomic mass is 16.3. The van der Waals surface area contributed by atoms with Crippen LogP contribution in [0.15, 0.2) is 48.7 Å². The SMILES string of the molecule is OCc1ccn2c(c1)cc1ccccc12. The number of pyridine rings is 1. The van der Waals surface area contributed by atoms with Gasteiger partial charge in [-0.25, -0.2) is 0 Å². The molecular weight excluding hydrogens is 186 g/mol. The number of aromatic nitrogens is 1. The van der Waals surface area contributed by atoms with Crippen molar-refractivity contribution in [2.24, 2.45) is 0 Å². The topological polar surface area (TPSA) is 24.6 Å². The number of para-hydroxylation sites is 1. The molecule has 1 N–H and O–H groups in total. The molecule has 2 heterocycles. The van der Waals surface area contributed by atoms with E-state index in [2.05, 4.69) is 22.6 Å². The van der Waals surface area contributed by atoms with Gasteiger partial charge in [-0.2, -0.15) is 0 Å². The van der Waals surface area contributed by atoms with Gasteiger partial charge in [-0.05, 0) is 29.8 Å².